The molecule has 0 atom stereocenters. The fraction of sp³-hybridized carbons (Fsp3) is 0.261. The summed E-state index contributed by atoms with van der Waals surface area (Å²) in [6.07, 6.45) is 6.16. The molecule has 2 aromatic carbocycles. The largest absolute Gasteiger partial charge is 0.482 e. The number of rotatable bonds is 8. The molecule has 4 rings (SSSR count). The number of thiazole rings is 1. The van der Waals surface area contributed by atoms with Crippen LogP contribution in [0.25, 0.3) is 10.2 Å². The molecule has 0 bridgehead atoms. The van der Waals surface area contributed by atoms with E-state index in [9.17, 15) is 4.79 Å². The van der Waals surface area contributed by atoms with Gasteiger partial charge >= 0.3 is 0 Å². The monoisotopic (exact) mass is 488 g/mol. The molecule has 0 aliphatic carbocycles. The smallest absolute Gasteiger partial charge is 0.266 e. The number of amides is 1. The third-order valence-electron chi connectivity index (χ3n) is 4.94. The summed E-state index contributed by atoms with van der Waals surface area (Å²) in [4.78, 5) is 23.7. The lowest BCUT2D eigenvalue weighted by Gasteiger charge is -2.20. The molecule has 0 saturated heterocycles. The molecule has 4 aromatic rings. The Bertz CT molecular complexity index is 1240. The summed E-state index contributed by atoms with van der Waals surface area (Å²) in [5.41, 5.74) is 3.20. The Morgan fingerprint density at radius 2 is 2.06 bits per heavy atom. The first-order chi connectivity index (χ1) is 15.4. The first-order valence-electron chi connectivity index (χ1n) is 10.1. The lowest BCUT2D eigenvalue weighted by Crippen LogP contribution is -2.36. The Hall–Kier alpha value is -2.61. The molecule has 0 aliphatic heterocycles. The van der Waals surface area contributed by atoms with Gasteiger partial charge in [0.05, 0.1) is 21.6 Å². The summed E-state index contributed by atoms with van der Waals surface area (Å²) < 4.78 is 8.77. The van der Waals surface area contributed by atoms with Crippen LogP contribution in [0.4, 0.5) is 5.13 Å². The maximum absolute atomic E-state index is 13.2. The summed E-state index contributed by atoms with van der Waals surface area (Å²) in [5, 5.41) is 1.54. The predicted octanol–water partition coefficient (Wildman–Crippen LogP) is 5.92. The molecule has 2 aromatic heterocycles. The zero-order valence-electron chi connectivity index (χ0n) is 17.7. The van der Waals surface area contributed by atoms with E-state index < -0.39 is 0 Å². The molecule has 0 unspecified atom stereocenters. The van der Waals surface area contributed by atoms with Gasteiger partial charge in [-0.05, 0) is 55.7 Å². The van der Waals surface area contributed by atoms with Crippen LogP contribution >= 0.6 is 34.5 Å². The Morgan fingerprint density at radius 1 is 1.22 bits per heavy atom. The van der Waals surface area contributed by atoms with Gasteiger partial charge in [-0.25, -0.2) is 9.97 Å². The molecule has 0 spiro atoms. The second-order valence-electron chi connectivity index (χ2n) is 7.49. The number of imidazole rings is 1. The van der Waals surface area contributed by atoms with Crippen LogP contribution in [0.1, 0.15) is 17.5 Å². The maximum atomic E-state index is 13.2. The number of halogens is 2. The fourth-order valence-electron chi connectivity index (χ4n) is 3.45. The van der Waals surface area contributed by atoms with Gasteiger partial charge in [-0.1, -0.05) is 40.6 Å². The van der Waals surface area contributed by atoms with Crippen molar-refractivity contribution in [3.63, 3.8) is 0 Å². The van der Waals surface area contributed by atoms with Gasteiger partial charge in [0, 0.05) is 30.5 Å². The molecular formula is C23H22Cl2N4O2S. The molecule has 0 radical (unpaired) electrons. The van der Waals surface area contributed by atoms with Crippen LogP contribution in [0.15, 0.2) is 49.1 Å². The van der Waals surface area contributed by atoms with Crippen LogP contribution in [0, 0.1) is 13.8 Å². The second kappa shape index (κ2) is 9.90. The summed E-state index contributed by atoms with van der Waals surface area (Å²) >= 11 is 13.6. The van der Waals surface area contributed by atoms with Gasteiger partial charge in [0.1, 0.15) is 5.75 Å². The van der Waals surface area contributed by atoms with Crippen molar-refractivity contribution in [1.82, 2.24) is 14.5 Å². The quantitative estimate of drug-likeness (QED) is 0.308. The lowest BCUT2D eigenvalue weighted by atomic mass is 10.1. The van der Waals surface area contributed by atoms with Crippen molar-refractivity contribution >= 4 is 55.8 Å². The number of carbonyl (C=O) groups excluding carboxylic acids is 1. The van der Waals surface area contributed by atoms with Crippen molar-refractivity contribution in [2.24, 2.45) is 0 Å². The van der Waals surface area contributed by atoms with Gasteiger partial charge in [-0.15, -0.1) is 0 Å². The molecule has 0 aliphatic rings. The summed E-state index contributed by atoms with van der Waals surface area (Å²) in [7, 11) is 0. The molecular weight excluding hydrogens is 467 g/mol. The van der Waals surface area contributed by atoms with Crippen LogP contribution < -0.4 is 9.64 Å². The minimum absolute atomic E-state index is 0.152. The third kappa shape index (κ3) is 5.23. The number of anilines is 1. The Morgan fingerprint density at radius 3 is 2.81 bits per heavy atom. The highest BCUT2D eigenvalue weighted by Gasteiger charge is 2.21. The van der Waals surface area contributed by atoms with E-state index >= 15 is 0 Å². The van der Waals surface area contributed by atoms with Gasteiger partial charge in [0.15, 0.2) is 11.7 Å². The van der Waals surface area contributed by atoms with Crippen LogP contribution in [0.5, 0.6) is 5.75 Å². The van der Waals surface area contributed by atoms with Crippen LogP contribution in [0.3, 0.4) is 0 Å². The molecule has 2 heterocycles. The number of hydrogen-bond donors (Lipinski definition) is 0. The van der Waals surface area contributed by atoms with Crippen LogP contribution in [-0.2, 0) is 11.3 Å². The molecule has 6 nitrogen and oxygen atoms in total. The van der Waals surface area contributed by atoms with E-state index in [1.54, 1.807) is 35.6 Å². The van der Waals surface area contributed by atoms with Crippen LogP contribution in [-0.4, -0.2) is 33.6 Å². The van der Waals surface area contributed by atoms with E-state index in [4.69, 9.17) is 32.9 Å². The van der Waals surface area contributed by atoms with E-state index in [0.29, 0.717) is 27.5 Å². The number of carbonyl (C=O) groups is 1. The van der Waals surface area contributed by atoms with Crippen molar-refractivity contribution < 1.29 is 9.53 Å². The SMILES string of the molecule is Cc1cc(C)c2sc(N(CCCn3ccnc3)C(=O)COc3ccc(Cl)cc3Cl)nc2c1. The van der Waals surface area contributed by atoms with Crippen molar-refractivity contribution in [3.05, 3.63) is 70.2 Å². The highest BCUT2D eigenvalue weighted by molar-refractivity contribution is 7.22. The molecule has 0 fully saturated rings. The van der Waals surface area contributed by atoms with Crippen molar-refractivity contribution in [1.29, 1.82) is 0 Å². The number of aromatic nitrogens is 3. The minimum Gasteiger partial charge on any atom is -0.482 e. The number of hydrogen-bond acceptors (Lipinski definition) is 5. The molecule has 9 heteroatoms. The standard InChI is InChI=1S/C23H22Cl2N4O2S/c1-15-10-16(2)22-19(11-15)27-23(32-22)29(8-3-7-28-9-6-26-14-28)21(30)13-31-20-5-4-17(24)12-18(20)25/h4-6,9-12,14H,3,7-8,13H2,1-2H3. The van der Waals surface area contributed by atoms with Crippen molar-refractivity contribution in [2.75, 3.05) is 18.1 Å². The average molecular weight is 489 g/mol. The summed E-state index contributed by atoms with van der Waals surface area (Å²) in [5.74, 6) is 0.230. The number of nitrogens with zero attached hydrogens (tertiary/aromatic N) is 4. The molecule has 1 amide bonds. The van der Waals surface area contributed by atoms with E-state index in [-0.39, 0.29) is 12.5 Å². The molecule has 0 N–H and O–H groups in total. The van der Waals surface area contributed by atoms with Gasteiger partial charge in [0.25, 0.3) is 5.91 Å². The topological polar surface area (TPSA) is 60.2 Å². The number of benzene rings is 2. The molecule has 32 heavy (non-hydrogen) atoms. The highest BCUT2D eigenvalue weighted by Crippen LogP contribution is 2.33. The molecule has 166 valence electrons. The summed E-state index contributed by atoms with van der Waals surface area (Å²) in [6.45, 7) is 5.21. The summed E-state index contributed by atoms with van der Waals surface area (Å²) in [6, 6.07) is 9.09. The van der Waals surface area contributed by atoms with E-state index in [1.807, 2.05) is 23.8 Å². The Balaban J connectivity index is 1.55. The Labute approximate surface area is 200 Å². The zero-order valence-corrected chi connectivity index (χ0v) is 20.0. The van der Waals surface area contributed by atoms with E-state index in [0.717, 1.165) is 34.3 Å². The van der Waals surface area contributed by atoms with Gasteiger partial charge in [-0.2, -0.15) is 0 Å². The van der Waals surface area contributed by atoms with Crippen LogP contribution in [0.2, 0.25) is 10.0 Å². The maximum Gasteiger partial charge on any atom is 0.266 e. The Kier molecular flexibility index (Phi) is 6.98. The number of ether oxygens (including phenoxy) is 1. The number of aryl methyl sites for hydroxylation is 3. The predicted molar refractivity (Wildman–Crippen MR) is 130 cm³/mol. The van der Waals surface area contributed by atoms with Crippen molar-refractivity contribution in [3.8, 4) is 5.75 Å². The van der Waals surface area contributed by atoms with Crippen molar-refractivity contribution in [2.45, 2.75) is 26.8 Å². The molecule has 0 saturated carbocycles. The normalized spacial score (nSPS) is 11.1. The second-order valence-corrected chi connectivity index (χ2v) is 9.31. The third-order valence-corrected chi connectivity index (χ3v) is 6.70. The highest BCUT2D eigenvalue weighted by atomic mass is 35.5. The van der Waals surface area contributed by atoms with Gasteiger partial charge in [0.2, 0.25) is 0 Å². The first-order valence-corrected chi connectivity index (χ1v) is 11.7. The fourth-order valence-corrected chi connectivity index (χ4v) is 4.97. The number of fused-ring (bicyclic) bond motifs is 1. The van der Waals surface area contributed by atoms with E-state index in [1.165, 1.54) is 11.3 Å². The average Bonchev–Trinajstić information content (AvgIpc) is 3.40. The van der Waals surface area contributed by atoms with E-state index in [2.05, 4.69) is 18.0 Å². The van der Waals surface area contributed by atoms with Gasteiger partial charge in [-0.3, -0.25) is 9.69 Å². The van der Waals surface area contributed by atoms with Gasteiger partial charge < -0.3 is 9.30 Å². The zero-order chi connectivity index (χ0) is 22.7. The minimum atomic E-state index is -0.185. The lowest BCUT2D eigenvalue weighted by molar-refractivity contribution is -0.120. The first kappa shape index (κ1) is 22.6.